The van der Waals surface area contributed by atoms with E-state index in [4.69, 9.17) is 0 Å². The van der Waals surface area contributed by atoms with Crippen molar-refractivity contribution in [2.24, 2.45) is 7.05 Å². The Kier molecular flexibility index (Phi) is 4.43. The maximum Gasteiger partial charge on any atom is 0.416 e. The summed E-state index contributed by atoms with van der Waals surface area (Å²) in [6, 6.07) is 24.1. The molecule has 144 valence electrons. The van der Waals surface area contributed by atoms with Gasteiger partial charge < -0.3 is 4.57 Å². The van der Waals surface area contributed by atoms with Crippen molar-refractivity contribution in [2.45, 2.75) is 11.6 Å². The molecule has 1 heterocycles. The van der Waals surface area contributed by atoms with E-state index in [1.807, 2.05) is 72.4 Å². The zero-order valence-corrected chi connectivity index (χ0v) is 15.6. The number of halogens is 3. The number of rotatable bonds is 3. The molecule has 0 radical (unpaired) electrons. The SMILES string of the molecule is Cn1ccc2cc(C(C#N)(c3ccccc3)c3ccc(C(F)(F)F)cc3)ccc21. The van der Waals surface area contributed by atoms with Gasteiger partial charge in [0.15, 0.2) is 0 Å². The van der Waals surface area contributed by atoms with Crippen molar-refractivity contribution in [1.29, 1.82) is 5.26 Å². The first-order chi connectivity index (χ1) is 13.9. The first-order valence-corrected chi connectivity index (χ1v) is 9.06. The predicted octanol–water partition coefficient (Wildman–Crippen LogP) is 6.06. The summed E-state index contributed by atoms with van der Waals surface area (Å²) < 4.78 is 41.1. The van der Waals surface area contributed by atoms with Gasteiger partial charge in [-0.25, -0.2) is 0 Å². The molecular formula is C24H17F3N2. The molecule has 0 amide bonds. The third-order valence-electron chi connectivity index (χ3n) is 5.34. The number of hydrogen-bond acceptors (Lipinski definition) is 1. The van der Waals surface area contributed by atoms with Crippen LogP contribution in [0.5, 0.6) is 0 Å². The quantitative estimate of drug-likeness (QED) is 0.391. The molecule has 2 nitrogen and oxygen atoms in total. The van der Waals surface area contributed by atoms with E-state index in [-0.39, 0.29) is 0 Å². The van der Waals surface area contributed by atoms with E-state index in [0.29, 0.717) is 16.7 Å². The zero-order chi connectivity index (χ0) is 20.6. The van der Waals surface area contributed by atoms with Crippen LogP contribution in [0.15, 0.2) is 85.1 Å². The minimum absolute atomic E-state index is 0.495. The van der Waals surface area contributed by atoms with Crippen LogP contribution in [0.4, 0.5) is 13.2 Å². The molecule has 1 atom stereocenters. The largest absolute Gasteiger partial charge is 0.416 e. The number of nitrogens with zero attached hydrogens (tertiary/aromatic N) is 2. The number of alkyl halides is 3. The van der Waals surface area contributed by atoms with Crippen LogP contribution in [-0.2, 0) is 18.6 Å². The molecule has 1 aromatic heterocycles. The van der Waals surface area contributed by atoms with Crippen LogP contribution in [0.3, 0.4) is 0 Å². The van der Waals surface area contributed by atoms with Gasteiger partial charge in [0.1, 0.15) is 5.41 Å². The fourth-order valence-corrected chi connectivity index (χ4v) is 3.81. The topological polar surface area (TPSA) is 28.7 Å². The number of aryl methyl sites for hydroxylation is 1. The van der Waals surface area contributed by atoms with E-state index >= 15 is 0 Å². The number of hydrogen-bond donors (Lipinski definition) is 0. The molecule has 0 aliphatic rings. The highest BCUT2D eigenvalue weighted by atomic mass is 19.4. The fraction of sp³-hybridized carbons (Fsp3) is 0.125. The van der Waals surface area contributed by atoms with Gasteiger partial charge >= 0.3 is 6.18 Å². The van der Waals surface area contributed by atoms with Crippen molar-refractivity contribution in [2.75, 3.05) is 0 Å². The Labute approximate surface area is 166 Å². The van der Waals surface area contributed by atoms with Gasteiger partial charge in [0.25, 0.3) is 0 Å². The monoisotopic (exact) mass is 390 g/mol. The average molecular weight is 390 g/mol. The van der Waals surface area contributed by atoms with Gasteiger partial charge in [0.05, 0.1) is 11.6 Å². The predicted molar refractivity (Wildman–Crippen MR) is 106 cm³/mol. The maximum absolute atomic E-state index is 13.1. The number of aromatic nitrogens is 1. The van der Waals surface area contributed by atoms with Crippen molar-refractivity contribution in [3.05, 3.63) is 107 Å². The molecule has 3 aromatic carbocycles. The number of benzene rings is 3. The molecule has 0 fully saturated rings. The van der Waals surface area contributed by atoms with Gasteiger partial charge in [-0.05, 0) is 52.4 Å². The van der Waals surface area contributed by atoms with Crippen molar-refractivity contribution in [3.63, 3.8) is 0 Å². The summed E-state index contributed by atoms with van der Waals surface area (Å²) in [6.45, 7) is 0. The van der Waals surface area contributed by atoms with E-state index in [2.05, 4.69) is 6.07 Å². The summed E-state index contributed by atoms with van der Waals surface area (Å²) in [5, 5.41) is 11.3. The summed E-state index contributed by atoms with van der Waals surface area (Å²) in [6.07, 6.45) is -2.49. The Morgan fingerprint density at radius 3 is 1.97 bits per heavy atom. The molecular weight excluding hydrogens is 373 g/mol. The average Bonchev–Trinajstić information content (AvgIpc) is 3.10. The molecule has 1 unspecified atom stereocenters. The van der Waals surface area contributed by atoms with E-state index in [9.17, 15) is 18.4 Å². The summed E-state index contributed by atoms with van der Waals surface area (Å²) in [5.41, 5.74) is 0.965. The molecule has 29 heavy (non-hydrogen) atoms. The van der Waals surface area contributed by atoms with Crippen LogP contribution in [0, 0.1) is 11.3 Å². The highest BCUT2D eigenvalue weighted by Gasteiger charge is 2.38. The van der Waals surface area contributed by atoms with Crippen LogP contribution < -0.4 is 0 Å². The van der Waals surface area contributed by atoms with Gasteiger partial charge in [-0.2, -0.15) is 18.4 Å². The van der Waals surface area contributed by atoms with Crippen LogP contribution in [0.1, 0.15) is 22.3 Å². The Hall–Kier alpha value is -3.52. The van der Waals surface area contributed by atoms with Crippen molar-refractivity contribution < 1.29 is 13.2 Å². The lowest BCUT2D eigenvalue weighted by Crippen LogP contribution is -2.27. The van der Waals surface area contributed by atoms with Gasteiger partial charge in [-0.1, -0.05) is 48.5 Å². The van der Waals surface area contributed by atoms with Crippen LogP contribution in [0.2, 0.25) is 0 Å². The lowest BCUT2D eigenvalue weighted by atomic mass is 9.70. The molecule has 0 aliphatic carbocycles. The third kappa shape index (κ3) is 3.07. The second-order valence-corrected chi connectivity index (χ2v) is 7.00. The molecule has 4 aromatic rings. The molecule has 4 rings (SSSR count). The minimum atomic E-state index is -4.43. The Balaban J connectivity index is 1.98. The lowest BCUT2D eigenvalue weighted by molar-refractivity contribution is -0.137. The highest BCUT2D eigenvalue weighted by molar-refractivity contribution is 5.82. The van der Waals surface area contributed by atoms with Crippen LogP contribution >= 0.6 is 0 Å². The summed E-state index contributed by atoms with van der Waals surface area (Å²) >= 11 is 0. The summed E-state index contributed by atoms with van der Waals surface area (Å²) in [5.74, 6) is 0. The van der Waals surface area contributed by atoms with Gasteiger partial charge in [0.2, 0.25) is 0 Å². The number of nitriles is 1. The first kappa shape index (κ1) is 18.8. The van der Waals surface area contributed by atoms with Crippen molar-refractivity contribution >= 4 is 10.9 Å². The second kappa shape index (κ2) is 6.82. The normalized spacial score (nSPS) is 13.8. The molecule has 0 bridgehead atoms. The molecule has 0 spiro atoms. The fourth-order valence-electron chi connectivity index (χ4n) is 3.81. The number of fused-ring (bicyclic) bond motifs is 1. The van der Waals surface area contributed by atoms with E-state index in [1.165, 1.54) is 12.1 Å². The molecule has 0 N–H and O–H groups in total. The third-order valence-corrected chi connectivity index (χ3v) is 5.34. The minimum Gasteiger partial charge on any atom is -0.351 e. The Bertz CT molecular complexity index is 1200. The lowest BCUT2D eigenvalue weighted by Gasteiger charge is -2.29. The Morgan fingerprint density at radius 2 is 1.34 bits per heavy atom. The smallest absolute Gasteiger partial charge is 0.351 e. The Morgan fingerprint density at radius 1 is 0.759 bits per heavy atom. The second-order valence-electron chi connectivity index (χ2n) is 7.00. The first-order valence-electron chi connectivity index (χ1n) is 9.06. The highest BCUT2D eigenvalue weighted by Crippen LogP contribution is 2.41. The van der Waals surface area contributed by atoms with Crippen LogP contribution in [-0.4, -0.2) is 4.57 Å². The summed E-state index contributed by atoms with van der Waals surface area (Å²) in [7, 11) is 1.94. The maximum atomic E-state index is 13.1. The molecule has 0 aliphatic heterocycles. The van der Waals surface area contributed by atoms with Gasteiger partial charge in [-0.15, -0.1) is 0 Å². The van der Waals surface area contributed by atoms with Gasteiger partial charge in [0, 0.05) is 18.8 Å². The van der Waals surface area contributed by atoms with Gasteiger partial charge in [-0.3, -0.25) is 0 Å². The van der Waals surface area contributed by atoms with Crippen molar-refractivity contribution in [1.82, 2.24) is 4.57 Å². The molecule has 0 saturated carbocycles. The van der Waals surface area contributed by atoms with Crippen LogP contribution in [0.25, 0.3) is 10.9 Å². The molecule has 0 saturated heterocycles. The van der Waals surface area contributed by atoms with E-state index in [0.717, 1.165) is 23.0 Å². The van der Waals surface area contributed by atoms with Crippen molar-refractivity contribution in [3.8, 4) is 6.07 Å². The standard InChI is InChI=1S/C24H17F3N2/c1-29-14-13-17-15-21(11-12-22(17)29)23(16-28,18-5-3-2-4-6-18)19-7-9-20(10-8-19)24(25,26)27/h2-15H,1H3. The summed E-state index contributed by atoms with van der Waals surface area (Å²) in [4.78, 5) is 0. The molecule has 5 heteroatoms. The zero-order valence-electron chi connectivity index (χ0n) is 15.6. The van der Waals surface area contributed by atoms with E-state index < -0.39 is 17.2 Å². The van der Waals surface area contributed by atoms with E-state index in [1.54, 1.807) is 0 Å².